The van der Waals surface area contributed by atoms with Crippen molar-refractivity contribution in [1.29, 1.82) is 0 Å². The lowest BCUT2D eigenvalue weighted by molar-refractivity contribution is -0.117. The molecular formula is C22H36FNO3SSi. The summed E-state index contributed by atoms with van der Waals surface area (Å²) in [6, 6.07) is 0. The first-order chi connectivity index (χ1) is 13.4. The van der Waals surface area contributed by atoms with Crippen molar-refractivity contribution in [2.45, 2.75) is 84.7 Å². The monoisotopic (exact) mass is 441 g/mol. The summed E-state index contributed by atoms with van der Waals surface area (Å²) in [5.74, 6) is -0.296. The number of rotatable bonds is 11. The number of aryl methyl sites for hydroxylation is 1. The Bertz CT molecular complexity index is 722. The van der Waals surface area contributed by atoms with Gasteiger partial charge in [-0.2, -0.15) is 0 Å². The largest absolute Gasteiger partial charge is 0.407 e. The minimum atomic E-state index is -2.15. The lowest BCUT2D eigenvalue weighted by atomic mass is 10.1. The summed E-state index contributed by atoms with van der Waals surface area (Å²) in [6.45, 7) is 16.8. The van der Waals surface area contributed by atoms with Gasteiger partial charge >= 0.3 is 0 Å². The van der Waals surface area contributed by atoms with Crippen molar-refractivity contribution in [3.8, 4) is 0 Å². The Morgan fingerprint density at radius 3 is 2.55 bits per heavy atom. The second kappa shape index (κ2) is 11.3. The van der Waals surface area contributed by atoms with E-state index in [0.717, 1.165) is 16.9 Å². The molecule has 1 heterocycles. The molecule has 0 saturated carbocycles. The topological polar surface area (TPSA) is 48.4 Å². The average Bonchev–Trinajstić information content (AvgIpc) is 3.01. The number of nitrogens with zero attached hydrogens (tertiary/aromatic N) is 1. The predicted molar refractivity (Wildman–Crippen MR) is 122 cm³/mol. The van der Waals surface area contributed by atoms with Gasteiger partial charge in [0.25, 0.3) is 0 Å². The van der Waals surface area contributed by atoms with Crippen molar-refractivity contribution in [2.24, 2.45) is 0 Å². The van der Waals surface area contributed by atoms with Crippen molar-refractivity contribution in [3.63, 3.8) is 0 Å². The summed E-state index contributed by atoms with van der Waals surface area (Å²) in [7, 11) is -2.15. The van der Waals surface area contributed by atoms with E-state index in [0.29, 0.717) is 25.1 Å². The molecule has 1 aromatic heterocycles. The maximum absolute atomic E-state index is 15.2. The molecule has 7 heteroatoms. The number of aldehydes is 1. The standard InChI is InChI=1S/C22H36FNO3SSi/c1-16(11-12-26-17(2)14-25)9-10-21(27-29(7,8)22(4,5)6)20(23)13-19-15-28-18(3)24-19/h9,13-15,17,21H,10-12H2,1-8H3/b16-9-,20-13-/t17-,21+/m1/s1. The van der Waals surface area contributed by atoms with Gasteiger partial charge in [0.05, 0.1) is 17.3 Å². The Hall–Kier alpha value is -1.15. The molecule has 0 fully saturated rings. The minimum Gasteiger partial charge on any atom is -0.407 e. The predicted octanol–water partition coefficient (Wildman–Crippen LogP) is 6.48. The van der Waals surface area contributed by atoms with E-state index in [4.69, 9.17) is 9.16 Å². The van der Waals surface area contributed by atoms with Crippen molar-refractivity contribution in [2.75, 3.05) is 6.61 Å². The number of carbonyl (C=O) groups excluding carboxylic acids is 1. The van der Waals surface area contributed by atoms with Crippen molar-refractivity contribution in [1.82, 2.24) is 4.98 Å². The Morgan fingerprint density at radius 2 is 2.03 bits per heavy atom. The van der Waals surface area contributed by atoms with Crippen LogP contribution >= 0.6 is 11.3 Å². The highest BCUT2D eigenvalue weighted by Gasteiger charge is 2.39. The highest BCUT2D eigenvalue weighted by Crippen LogP contribution is 2.39. The van der Waals surface area contributed by atoms with Crippen LogP contribution in [0.2, 0.25) is 18.1 Å². The summed E-state index contributed by atoms with van der Waals surface area (Å²) in [4.78, 5) is 15.0. The van der Waals surface area contributed by atoms with Gasteiger partial charge in [0, 0.05) is 5.38 Å². The molecule has 0 spiro atoms. The summed E-state index contributed by atoms with van der Waals surface area (Å²) >= 11 is 1.50. The maximum Gasteiger partial charge on any atom is 0.193 e. The number of halogens is 1. The van der Waals surface area contributed by atoms with E-state index in [2.05, 4.69) is 38.8 Å². The van der Waals surface area contributed by atoms with Crippen LogP contribution in [0.4, 0.5) is 4.39 Å². The lowest BCUT2D eigenvalue weighted by Gasteiger charge is -2.38. The van der Waals surface area contributed by atoms with Crippen LogP contribution in [0.15, 0.2) is 22.9 Å². The Balaban J connectivity index is 2.94. The molecule has 0 radical (unpaired) electrons. The summed E-state index contributed by atoms with van der Waals surface area (Å²) in [5.41, 5.74) is 1.72. The molecule has 0 saturated heterocycles. The molecule has 29 heavy (non-hydrogen) atoms. The third kappa shape index (κ3) is 9.03. The first-order valence-corrected chi connectivity index (χ1v) is 13.8. The number of carbonyl (C=O) groups is 1. The van der Waals surface area contributed by atoms with Gasteiger partial charge in [0.1, 0.15) is 24.3 Å². The molecule has 0 aliphatic rings. The van der Waals surface area contributed by atoms with Gasteiger partial charge in [-0.3, -0.25) is 0 Å². The number of hydrogen-bond acceptors (Lipinski definition) is 5. The van der Waals surface area contributed by atoms with Crippen molar-refractivity contribution in [3.05, 3.63) is 33.6 Å². The van der Waals surface area contributed by atoms with E-state index >= 15 is 4.39 Å². The molecule has 4 nitrogen and oxygen atoms in total. The van der Waals surface area contributed by atoms with Gasteiger partial charge in [-0.25, -0.2) is 9.37 Å². The average molecular weight is 442 g/mol. The first kappa shape index (κ1) is 25.9. The molecule has 2 atom stereocenters. The van der Waals surface area contributed by atoms with Crippen LogP contribution in [0.5, 0.6) is 0 Å². The second-order valence-electron chi connectivity index (χ2n) is 8.94. The molecule has 0 unspecified atom stereocenters. The zero-order valence-corrected chi connectivity index (χ0v) is 20.9. The number of hydrogen-bond donors (Lipinski definition) is 0. The maximum atomic E-state index is 15.2. The summed E-state index contributed by atoms with van der Waals surface area (Å²) in [5, 5.41) is 2.75. The Labute approximate surface area is 180 Å². The van der Waals surface area contributed by atoms with Gasteiger partial charge < -0.3 is 14.0 Å². The molecule has 164 valence electrons. The van der Waals surface area contributed by atoms with Gasteiger partial charge in [-0.15, -0.1) is 11.3 Å². The molecule has 0 aliphatic carbocycles. The SMILES string of the molecule is C/C(=C/C[C@H](O[Si](C)(C)C(C)(C)C)/C(F)=C/c1csc(C)n1)CCO[C@H](C)C=O. The quantitative estimate of drug-likeness (QED) is 0.224. The molecule has 0 amide bonds. The van der Waals surface area contributed by atoms with Gasteiger partial charge in [0.15, 0.2) is 8.32 Å². The van der Waals surface area contributed by atoms with E-state index < -0.39 is 20.5 Å². The van der Waals surface area contributed by atoms with Gasteiger partial charge in [0.2, 0.25) is 0 Å². The Morgan fingerprint density at radius 1 is 1.38 bits per heavy atom. The highest BCUT2D eigenvalue weighted by molar-refractivity contribution is 7.09. The normalized spacial score (nSPS) is 16.0. The van der Waals surface area contributed by atoms with E-state index in [9.17, 15) is 4.79 Å². The van der Waals surface area contributed by atoms with E-state index in [1.165, 1.54) is 17.4 Å². The Kier molecular flexibility index (Phi) is 10.1. The number of thiazole rings is 1. The third-order valence-corrected chi connectivity index (χ3v) is 10.5. The fourth-order valence-electron chi connectivity index (χ4n) is 2.29. The minimum absolute atomic E-state index is 0.0136. The van der Waals surface area contributed by atoms with Crippen LogP contribution in [0.25, 0.3) is 6.08 Å². The summed E-state index contributed by atoms with van der Waals surface area (Å²) in [6.07, 6.45) is 4.38. The summed E-state index contributed by atoms with van der Waals surface area (Å²) < 4.78 is 27.0. The number of aromatic nitrogens is 1. The van der Waals surface area contributed by atoms with Crippen LogP contribution in [-0.2, 0) is 14.0 Å². The van der Waals surface area contributed by atoms with Crippen LogP contribution in [0, 0.1) is 6.92 Å². The van der Waals surface area contributed by atoms with Crippen LogP contribution in [0.1, 0.15) is 58.2 Å². The first-order valence-electron chi connectivity index (χ1n) is 10.1. The molecule has 1 aromatic rings. The fourth-order valence-corrected chi connectivity index (χ4v) is 4.13. The van der Waals surface area contributed by atoms with Crippen molar-refractivity contribution >= 4 is 32.0 Å². The molecular weight excluding hydrogens is 405 g/mol. The van der Waals surface area contributed by atoms with E-state index in [1.54, 1.807) is 6.92 Å². The van der Waals surface area contributed by atoms with E-state index in [1.807, 2.05) is 25.3 Å². The molecule has 0 aromatic carbocycles. The van der Waals surface area contributed by atoms with Crippen LogP contribution in [-0.4, -0.2) is 38.4 Å². The van der Waals surface area contributed by atoms with Gasteiger partial charge in [-0.05, 0) is 57.8 Å². The molecule has 0 N–H and O–H groups in total. The fraction of sp³-hybridized carbons (Fsp3) is 0.636. The lowest BCUT2D eigenvalue weighted by Crippen LogP contribution is -2.44. The van der Waals surface area contributed by atoms with Crippen LogP contribution in [0.3, 0.4) is 0 Å². The van der Waals surface area contributed by atoms with E-state index in [-0.39, 0.29) is 10.9 Å². The second-order valence-corrected chi connectivity index (χ2v) is 14.8. The molecule has 1 rings (SSSR count). The van der Waals surface area contributed by atoms with Crippen LogP contribution < -0.4 is 0 Å². The molecule has 0 aliphatic heterocycles. The number of ether oxygens (including phenoxy) is 1. The van der Waals surface area contributed by atoms with Crippen molar-refractivity contribution < 1.29 is 18.3 Å². The third-order valence-electron chi connectivity index (χ3n) is 5.22. The highest BCUT2D eigenvalue weighted by atomic mass is 32.1. The molecule has 0 bridgehead atoms. The smallest absolute Gasteiger partial charge is 0.193 e. The zero-order chi connectivity index (χ0) is 22.2. The van der Waals surface area contributed by atoms with Gasteiger partial charge in [-0.1, -0.05) is 32.4 Å². The zero-order valence-electron chi connectivity index (χ0n) is 19.0.